The summed E-state index contributed by atoms with van der Waals surface area (Å²) in [4.78, 5) is 36.4. The van der Waals surface area contributed by atoms with E-state index in [9.17, 15) is 18.8 Å². The van der Waals surface area contributed by atoms with Gasteiger partial charge in [0.1, 0.15) is 29.0 Å². The average Bonchev–Trinajstić information content (AvgIpc) is 3.09. The summed E-state index contributed by atoms with van der Waals surface area (Å²) in [7, 11) is 0. The van der Waals surface area contributed by atoms with Crippen LogP contribution in [0.3, 0.4) is 0 Å². The van der Waals surface area contributed by atoms with Crippen molar-refractivity contribution >= 4 is 35.1 Å². The molecule has 1 aliphatic heterocycles. The van der Waals surface area contributed by atoms with Crippen molar-refractivity contribution in [2.45, 2.75) is 111 Å². The molecule has 1 unspecified atom stereocenters. The number of rotatable bonds is 17. The highest BCUT2D eigenvalue weighted by molar-refractivity contribution is 5.96. The Morgan fingerprint density at radius 1 is 0.811 bits per heavy atom. The van der Waals surface area contributed by atoms with E-state index in [1.165, 1.54) is 13.8 Å². The Kier molecular flexibility index (Phi) is 15.2. The molecule has 7 nitrogen and oxygen atoms in total. The number of fused-ring (bicyclic) bond motifs is 1. The molecule has 282 valence electrons. The van der Waals surface area contributed by atoms with E-state index in [0.717, 1.165) is 71.9 Å². The predicted octanol–water partition coefficient (Wildman–Crippen LogP) is 11.4. The highest BCUT2D eigenvalue weighted by atomic mass is 19.1. The van der Waals surface area contributed by atoms with E-state index in [2.05, 4.69) is 0 Å². The first-order valence-electron chi connectivity index (χ1n) is 18.6. The van der Waals surface area contributed by atoms with Crippen molar-refractivity contribution in [2.24, 2.45) is 0 Å². The van der Waals surface area contributed by atoms with E-state index in [1.807, 2.05) is 94.5 Å². The Labute approximate surface area is 313 Å². The fraction of sp³-hybridized carbons (Fsp3) is 0.400. The van der Waals surface area contributed by atoms with Crippen LogP contribution < -0.4 is 14.2 Å². The third-order valence-electron chi connectivity index (χ3n) is 8.72. The summed E-state index contributed by atoms with van der Waals surface area (Å²) < 4.78 is 35.4. The van der Waals surface area contributed by atoms with Crippen molar-refractivity contribution in [1.29, 1.82) is 0 Å². The van der Waals surface area contributed by atoms with Crippen LogP contribution in [0.5, 0.6) is 17.2 Å². The maximum absolute atomic E-state index is 13.0. The Balaban J connectivity index is 1.52. The van der Waals surface area contributed by atoms with E-state index < -0.39 is 23.6 Å². The van der Waals surface area contributed by atoms with Gasteiger partial charge in [-0.05, 0) is 106 Å². The lowest BCUT2D eigenvalue weighted by atomic mass is 9.86. The van der Waals surface area contributed by atoms with Crippen molar-refractivity contribution < 1.29 is 37.7 Å². The van der Waals surface area contributed by atoms with Gasteiger partial charge in [0.2, 0.25) is 0 Å². The first kappa shape index (κ1) is 40.8. The number of hydrogen-bond acceptors (Lipinski definition) is 7. The minimum atomic E-state index is -0.570. The largest absolute Gasteiger partial charge is 0.480 e. The van der Waals surface area contributed by atoms with Crippen LogP contribution in [0.25, 0.3) is 17.2 Å². The summed E-state index contributed by atoms with van der Waals surface area (Å²) in [6.45, 7) is 10.1. The minimum Gasteiger partial charge on any atom is -0.480 e. The lowest BCUT2D eigenvalue weighted by Gasteiger charge is -2.31. The molecule has 1 atom stereocenters. The van der Waals surface area contributed by atoms with Gasteiger partial charge >= 0.3 is 17.9 Å². The standard InChI is InChI=1S/C45H53FO7/c1-31-40-30-39(51-33(3)48)26-27-41(40)52-43(42(31)37-20-16-21-38(29-37)50-32(2)47)35-24-22-34(23-25-35)17-13-14-19-36(44(49)53-45(4,5)6)18-12-10-8-7-9-11-15-28-46/h13,16-17,19-27,29-30,43H,7-12,14-15,18,28H2,1-6H3/b17-13+,36-19-. The number of carbonyl (C=O) groups excluding carboxylic acids is 3. The minimum absolute atomic E-state index is 0.244. The molecule has 0 N–H and O–H groups in total. The summed E-state index contributed by atoms with van der Waals surface area (Å²) >= 11 is 0. The van der Waals surface area contributed by atoms with Crippen molar-refractivity contribution in [3.05, 3.63) is 107 Å². The monoisotopic (exact) mass is 724 g/mol. The van der Waals surface area contributed by atoms with Gasteiger partial charge in [-0.3, -0.25) is 14.0 Å². The van der Waals surface area contributed by atoms with Crippen LogP contribution in [0, 0.1) is 0 Å². The third-order valence-corrected chi connectivity index (χ3v) is 8.72. The van der Waals surface area contributed by atoms with Gasteiger partial charge in [-0.2, -0.15) is 0 Å². The number of unbranched alkanes of at least 4 members (excludes halogenated alkanes) is 6. The normalized spacial score (nSPS) is 14.5. The Morgan fingerprint density at radius 2 is 1.45 bits per heavy atom. The average molecular weight is 725 g/mol. The fourth-order valence-electron chi connectivity index (χ4n) is 6.28. The molecule has 0 saturated heterocycles. The summed E-state index contributed by atoms with van der Waals surface area (Å²) in [5.41, 5.74) is 5.52. The molecule has 3 aromatic carbocycles. The van der Waals surface area contributed by atoms with Crippen LogP contribution in [-0.4, -0.2) is 30.2 Å². The van der Waals surface area contributed by atoms with Gasteiger partial charge in [0.25, 0.3) is 0 Å². The van der Waals surface area contributed by atoms with E-state index in [0.29, 0.717) is 42.1 Å². The van der Waals surface area contributed by atoms with E-state index in [4.69, 9.17) is 18.9 Å². The van der Waals surface area contributed by atoms with Crippen LogP contribution in [0.15, 0.2) is 84.5 Å². The second-order valence-corrected chi connectivity index (χ2v) is 14.4. The smallest absolute Gasteiger partial charge is 0.334 e. The molecule has 8 heteroatoms. The lowest BCUT2D eigenvalue weighted by molar-refractivity contribution is -0.150. The number of alkyl halides is 1. The van der Waals surface area contributed by atoms with Gasteiger partial charge in [-0.1, -0.05) is 86.7 Å². The number of esters is 3. The molecular formula is C45H53FO7. The number of carbonyl (C=O) groups is 3. The maximum Gasteiger partial charge on any atom is 0.334 e. The highest BCUT2D eigenvalue weighted by Crippen LogP contribution is 2.48. The van der Waals surface area contributed by atoms with Crippen LogP contribution in [0.2, 0.25) is 0 Å². The molecule has 0 fully saturated rings. The second-order valence-electron chi connectivity index (χ2n) is 14.4. The molecule has 0 amide bonds. The molecule has 1 aliphatic rings. The maximum atomic E-state index is 13.0. The predicted molar refractivity (Wildman–Crippen MR) is 208 cm³/mol. The molecule has 0 bridgehead atoms. The van der Waals surface area contributed by atoms with Gasteiger partial charge in [0.15, 0.2) is 0 Å². The number of hydrogen-bond donors (Lipinski definition) is 0. The second kappa shape index (κ2) is 19.7. The molecule has 4 rings (SSSR count). The molecule has 1 heterocycles. The van der Waals surface area contributed by atoms with Gasteiger partial charge in [-0.15, -0.1) is 0 Å². The van der Waals surface area contributed by atoms with Crippen molar-refractivity contribution in [3.8, 4) is 17.2 Å². The summed E-state index contributed by atoms with van der Waals surface area (Å²) in [6, 6.07) is 20.8. The molecular weight excluding hydrogens is 671 g/mol. The number of ether oxygens (including phenoxy) is 4. The van der Waals surface area contributed by atoms with Crippen LogP contribution in [0.1, 0.15) is 128 Å². The topological polar surface area (TPSA) is 88.1 Å². The summed E-state index contributed by atoms with van der Waals surface area (Å²) in [6.07, 6.45) is 13.5. The number of allylic oxidation sites excluding steroid dienone is 3. The van der Waals surface area contributed by atoms with Gasteiger partial charge in [0, 0.05) is 30.6 Å². The van der Waals surface area contributed by atoms with Gasteiger partial charge in [0.05, 0.1) is 6.67 Å². The highest BCUT2D eigenvalue weighted by Gasteiger charge is 2.30. The molecule has 0 radical (unpaired) electrons. The molecule has 0 spiro atoms. The first-order valence-corrected chi connectivity index (χ1v) is 18.6. The molecule has 0 aliphatic carbocycles. The van der Waals surface area contributed by atoms with Gasteiger partial charge < -0.3 is 18.9 Å². The fourth-order valence-corrected chi connectivity index (χ4v) is 6.28. The quantitative estimate of drug-likeness (QED) is 0.0592. The van der Waals surface area contributed by atoms with Crippen molar-refractivity contribution in [3.63, 3.8) is 0 Å². The Bertz CT molecular complexity index is 1810. The Morgan fingerprint density at radius 3 is 2.09 bits per heavy atom. The third kappa shape index (κ3) is 12.9. The van der Waals surface area contributed by atoms with Gasteiger partial charge in [-0.25, -0.2) is 4.79 Å². The SMILES string of the molecule is CC(=O)Oc1cccc(C2=C(C)c3cc(OC(C)=O)ccc3OC2c2ccc(/C=C/C/C=C(/CCCCCCCCCF)C(=O)OC(C)(C)C)cc2)c1. The number of halogens is 1. The Hall–Kier alpha value is -4.98. The lowest BCUT2D eigenvalue weighted by Crippen LogP contribution is -2.25. The van der Waals surface area contributed by atoms with Crippen molar-refractivity contribution in [1.82, 2.24) is 0 Å². The summed E-state index contributed by atoms with van der Waals surface area (Å²) in [5, 5.41) is 0. The molecule has 0 aromatic heterocycles. The zero-order chi connectivity index (χ0) is 38.4. The van der Waals surface area contributed by atoms with Crippen LogP contribution in [0.4, 0.5) is 4.39 Å². The van der Waals surface area contributed by atoms with Crippen LogP contribution in [-0.2, 0) is 19.1 Å². The van der Waals surface area contributed by atoms with Crippen LogP contribution >= 0.6 is 0 Å². The molecule has 3 aromatic rings. The number of benzene rings is 3. The zero-order valence-corrected chi connectivity index (χ0v) is 32.0. The molecule has 53 heavy (non-hydrogen) atoms. The molecule has 0 saturated carbocycles. The summed E-state index contributed by atoms with van der Waals surface area (Å²) in [5.74, 6) is 0.428. The van der Waals surface area contributed by atoms with Crippen molar-refractivity contribution in [2.75, 3.05) is 6.67 Å². The zero-order valence-electron chi connectivity index (χ0n) is 32.0. The van der Waals surface area contributed by atoms with E-state index in [1.54, 1.807) is 18.2 Å². The van der Waals surface area contributed by atoms with E-state index >= 15 is 0 Å². The van der Waals surface area contributed by atoms with E-state index in [-0.39, 0.29) is 12.6 Å². The first-order chi connectivity index (χ1) is 25.3.